The summed E-state index contributed by atoms with van der Waals surface area (Å²) in [5, 5.41) is 9.89. The summed E-state index contributed by atoms with van der Waals surface area (Å²) >= 11 is 1.16. The van der Waals surface area contributed by atoms with Crippen LogP contribution in [0.3, 0.4) is 0 Å². The highest BCUT2D eigenvalue weighted by Crippen LogP contribution is 2.34. The molecule has 2 rings (SSSR count). The number of rotatable bonds is 5. The van der Waals surface area contributed by atoms with Gasteiger partial charge in [0.15, 0.2) is 0 Å². The van der Waals surface area contributed by atoms with Gasteiger partial charge < -0.3 is 9.84 Å². The van der Waals surface area contributed by atoms with E-state index in [2.05, 4.69) is 23.8 Å². The number of carboxylic acid groups (broad SMARTS) is 1. The summed E-state index contributed by atoms with van der Waals surface area (Å²) in [4.78, 5) is 20.4. The topological polar surface area (TPSA) is 72.3 Å². The van der Waals surface area contributed by atoms with Gasteiger partial charge >= 0.3 is 5.97 Å². The Hall–Kier alpha value is -1.69. The number of ether oxygens (including phenoxy) is 1. The Kier molecular flexibility index (Phi) is 4.23. The van der Waals surface area contributed by atoms with Crippen molar-refractivity contribution in [2.75, 3.05) is 0 Å². The van der Waals surface area contributed by atoms with E-state index in [0.717, 1.165) is 17.8 Å². The zero-order valence-electron chi connectivity index (χ0n) is 12.0. The average molecular weight is 294 g/mol. The smallest absolute Gasteiger partial charge is 0.346 e. The first kappa shape index (κ1) is 14.7. The van der Waals surface area contributed by atoms with Crippen molar-refractivity contribution in [2.45, 2.75) is 40.2 Å². The summed E-state index contributed by atoms with van der Waals surface area (Å²) < 4.78 is 5.87. The zero-order chi connectivity index (χ0) is 14.9. The van der Waals surface area contributed by atoms with E-state index in [0.29, 0.717) is 32.5 Å². The Morgan fingerprint density at radius 1 is 1.40 bits per heavy atom. The fraction of sp³-hybridized carbons (Fsp3) is 0.500. The van der Waals surface area contributed by atoms with Gasteiger partial charge in [0.2, 0.25) is 5.88 Å². The van der Waals surface area contributed by atoms with Crippen LogP contribution in [0.5, 0.6) is 5.88 Å². The molecule has 0 spiro atoms. The third-order valence-corrected chi connectivity index (χ3v) is 4.19. The van der Waals surface area contributed by atoms with Gasteiger partial charge in [0.25, 0.3) is 0 Å². The highest BCUT2D eigenvalue weighted by Gasteiger charge is 2.20. The quantitative estimate of drug-likeness (QED) is 0.913. The highest BCUT2D eigenvalue weighted by atomic mass is 32.1. The standard InChI is InChI=1S/C14H18N2O3S/c1-7(2)5-8(3)19-12-10-9(4)11(14(17)18)20-13(10)16-6-15-12/h6-8H,5H2,1-4H3,(H,17,18). The maximum Gasteiger partial charge on any atom is 0.346 e. The number of aromatic nitrogens is 2. The summed E-state index contributed by atoms with van der Waals surface area (Å²) in [5.41, 5.74) is 0.671. The summed E-state index contributed by atoms with van der Waals surface area (Å²) in [6, 6.07) is 0. The number of aryl methyl sites for hydroxylation is 1. The molecule has 6 heteroatoms. The molecule has 20 heavy (non-hydrogen) atoms. The van der Waals surface area contributed by atoms with Crippen molar-refractivity contribution in [1.82, 2.24) is 9.97 Å². The molecule has 2 aromatic heterocycles. The molecule has 0 saturated carbocycles. The third-order valence-electron chi connectivity index (χ3n) is 3.00. The molecular formula is C14H18N2O3S. The molecule has 1 atom stereocenters. The second-order valence-electron chi connectivity index (χ2n) is 5.28. The number of thiophene rings is 1. The Labute approximate surface area is 121 Å². The van der Waals surface area contributed by atoms with Crippen LogP contribution in [0.4, 0.5) is 0 Å². The van der Waals surface area contributed by atoms with Gasteiger partial charge in [0.05, 0.1) is 11.5 Å². The van der Waals surface area contributed by atoms with Gasteiger partial charge in [-0.15, -0.1) is 11.3 Å². The van der Waals surface area contributed by atoms with E-state index in [4.69, 9.17) is 4.74 Å². The molecule has 5 nitrogen and oxygen atoms in total. The molecule has 2 aromatic rings. The van der Waals surface area contributed by atoms with E-state index in [9.17, 15) is 9.90 Å². The molecule has 0 saturated heterocycles. The second kappa shape index (κ2) is 5.75. The molecule has 0 aliphatic rings. The van der Waals surface area contributed by atoms with E-state index in [1.807, 2.05) is 6.92 Å². The molecule has 108 valence electrons. The van der Waals surface area contributed by atoms with Gasteiger partial charge in [-0.1, -0.05) is 13.8 Å². The van der Waals surface area contributed by atoms with Crippen LogP contribution in [0.1, 0.15) is 42.4 Å². The maximum absolute atomic E-state index is 11.2. The van der Waals surface area contributed by atoms with Crippen molar-refractivity contribution in [3.8, 4) is 5.88 Å². The van der Waals surface area contributed by atoms with Crippen LogP contribution in [-0.2, 0) is 0 Å². The second-order valence-corrected chi connectivity index (χ2v) is 6.28. The van der Waals surface area contributed by atoms with Gasteiger partial charge in [-0.3, -0.25) is 0 Å². The Bertz CT molecular complexity index is 637. The summed E-state index contributed by atoms with van der Waals surface area (Å²) in [5.74, 6) is 0.0663. The number of fused-ring (bicyclic) bond motifs is 1. The fourth-order valence-corrected chi connectivity index (χ4v) is 3.21. The number of carbonyl (C=O) groups is 1. The SMILES string of the molecule is Cc1c(C(=O)O)sc2ncnc(OC(C)CC(C)C)c12. The normalized spacial score (nSPS) is 12.8. The lowest BCUT2D eigenvalue weighted by atomic mass is 10.1. The Balaban J connectivity index is 2.41. The largest absolute Gasteiger partial charge is 0.477 e. The molecular weight excluding hydrogens is 276 g/mol. The predicted molar refractivity (Wildman–Crippen MR) is 78.7 cm³/mol. The minimum Gasteiger partial charge on any atom is -0.477 e. The van der Waals surface area contributed by atoms with Crippen LogP contribution in [0.25, 0.3) is 10.2 Å². The van der Waals surface area contributed by atoms with Crippen molar-refractivity contribution in [2.24, 2.45) is 5.92 Å². The van der Waals surface area contributed by atoms with Crippen LogP contribution in [0.15, 0.2) is 6.33 Å². The minimum absolute atomic E-state index is 0.0284. The summed E-state index contributed by atoms with van der Waals surface area (Å²) in [7, 11) is 0. The van der Waals surface area contributed by atoms with Gasteiger partial charge in [0.1, 0.15) is 16.0 Å². The van der Waals surface area contributed by atoms with E-state index in [-0.39, 0.29) is 6.10 Å². The van der Waals surface area contributed by atoms with E-state index in [1.54, 1.807) is 6.92 Å². The number of hydrogen-bond donors (Lipinski definition) is 1. The molecule has 0 aliphatic carbocycles. The van der Waals surface area contributed by atoms with Crippen molar-refractivity contribution < 1.29 is 14.6 Å². The first-order valence-corrected chi connectivity index (χ1v) is 7.35. The van der Waals surface area contributed by atoms with Gasteiger partial charge in [-0.25, -0.2) is 14.8 Å². The number of hydrogen-bond acceptors (Lipinski definition) is 5. The Morgan fingerprint density at radius 3 is 2.70 bits per heavy atom. The molecule has 0 radical (unpaired) electrons. The monoisotopic (exact) mass is 294 g/mol. The summed E-state index contributed by atoms with van der Waals surface area (Å²) in [6.45, 7) is 8.03. The highest BCUT2D eigenvalue weighted by molar-refractivity contribution is 7.20. The van der Waals surface area contributed by atoms with Crippen molar-refractivity contribution in [3.05, 3.63) is 16.8 Å². The van der Waals surface area contributed by atoms with Crippen LogP contribution >= 0.6 is 11.3 Å². The lowest BCUT2D eigenvalue weighted by Crippen LogP contribution is -2.15. The first-order valence-electron chi connectivity index (χ1n) is 6.54. The predicted octanol–water partition coefficient (Wildman–Crippen LogP) is 3.51. The van der Waals surface area contributed by atoms with Crippen LogP contribution in [0, 0.1) is 12.8 Å². The molecule has 1 unspecified atom stereocenters. The summed E-state index contributed by atoms with van der Waals surface area (Å²) in [6.07, 6.45) is 2.36. The lowest BCUT2D eigenvalue weighted by molar-refractivity contribution is 0.0701. The van der Waals surface area contributed by atoms with Crippen molar-refractivity contribution in [1.29, 1.82) is 0 Å². The third kappa shape index (κ3) is 2.90. The van der Waals surface area contributed by atoms with E-state index in [1.165, 1.54) is 6.33 Å². The number of nitrogens with zero attached hydrogens (tertiary/aromatic N) is 2. The van der Waals surface area contributed by atoms with E-state index >= 15 is 0 Å². The minimum atomic E-state index is -0.938. The molecule has 1 N–H and O–H groups in total. The fourth-order valence-electron chi connectivity index (χ4n) is 2.24. The van der Waals surface area contributed by atoms with Crippen molar-refractivity contribution >= 4 is 27.5 Å². The molecule has 0 amide bonds. The van der Waals surface area contributed by atoms with Gasteiger partial charge in [-0.05, 0) is 31.7 Å². The Morgan fingerprint density at radius 2 is 2.10 bits per heavy atom. The molecule has 0 aromatic carbocycles. The number of aromatic carboxylic acids is 1. The lowest BCUT2D eigenvalue weighted by Gasteiger charge is -2.16. The van der Waals surface area contributed by atoms with Gasteiger partial charge in [-0.2, -0.15) is 0 Å². The zero-order valence-corrected chi connectivity index (χ0v) is 12.8. The first-order chi connectivity index (χ1) is 9.40. The average Bonchev–Trinajstić information content (AvgIpc) is 2.67. The maximum atomic E-state index is 11.2. The van der Waals surface area contributed by atoms with Crippen LogP contribution in [0.2, 0.25) is 0 Å². The van der Waals surface area contributed by atoms with E-state index < -0.39 is 5.97 Å². The molecule has 0 bridgehead atoms. The van der Waals surface area contributed by atoms with Crippen LogP contribution in [-0.4, -0.2) is 27.1 Å². The van der Waals surface area contributed by atoms with Crippen molar-refractivity contribution in [3.63, 3.8) is 0 Å². The van der Waals surface area contributed by atoms with Gasteiger partial charge in [0, 0.05) is 0 Å². The van der Waals surface area contributed by atoms with Crippen LogP contribution < -0.4 is 4.74 Å². The molecule has 2 heterocycles. The molecule has 0 aliphatic heterocycles. The molecule has 0 fully saturated rings. The number of carboxylic acids is 1.